The highest BCUT2D eigenvalue weighted by atomic mass is 16.9. The lowest BCUT2D eigenvalue weighted by molar-refractivity contribution is -0.719. The molecule has 3 aliphatic carbocycles. The summed E-state index contributed by atoms with van der Waals surface area (Å²) in [4.78, 5) is 10.2. The van der Waals surface area contributed by atoms with Crippen molar-refractivity contribution in [1.29, 1.82) is 0 Å². The van der Waals surface area contributed by atoms with Crippen molar-refractivity contribution in [2.45, 2.75) is 150 Å². The van der Waals surface area contributed by atoms with Crippen LogP contribution >= 0.6 is 0 Å². The Morgan fingerprint density at radius 1 is 0.594 bits per heavy atom. The minimum Gasteiger partial charge on any atom is -0.805 e. The van der Waals surface area contributed by atoms with Crippen LogP contribution in [0.3, 0.4) is 0 Å². The minimum atomic E-state index is -2.75. The zero-order valence-electron chi connectivity index (χ0n) is 32.9. The molecule has 16 rings (SSSR count). The van der Waals surface area contributed by atoms with Crippen LogP contribution in [0.25, 0.3) is 0 Å². The number of aliphatic hydroxyl groups excluding tert-OH is 9. The average molecular weight is 922 g/mol. The summed E-state index contributed by atoms with van der Waals surface area (Å²) >= 11 is 0. The van der Waals surface area contributed by atoms with E-state index in [0.717, 1.165) is 0 Å². The minimum absolute atomic E-state index is 0.0517. The van der Waals surface area contributed by atoms with Crippen LogP contribution in [0.5, 0.6) is 0 Å². The van der Waals surface area contributed by atoms with E-state index in [0.29, 0.717) is 0 Å². The van der Waals surface area contributed by atoms with E-state index < -0.39 is 174 Å². The molecule has 0 aromatic rings. The first kappa shape index (κ1) is 43.5. The summed E-state index contributed by atoms with van der Waals surface area (Å²) in [5.74, 6) is -11.0. The normalized spacial score (nSPS) is 64.4. The van der Waals surface area contributed by atoms with E-state index in [1.807, 2.05) is 0 Å². The number of nitrogens with one attached hydrogen (secondary N) is 4. The van der Waals surface area contributed by atoms with Gasteiger partial charge in [-0.3, -0.25) is 16.0 Å². The fourth-order valence-electron chi connectivity index (χ4n) is 13.1. The third-order valence-corrected chi connectivity index (χ3v) is 15.8. The molecular formula is C33H47N9O22-2. The standard InChI is InChI=1S/C11H16N3O8.C11H14N3O7.C11H16N3O7/c12-8-13-6(17)2-4-9(19,1-15)5-3(16)10(2,14-8)7(18)11(20,21-4)22-5;12-8-13-6-2-4-9(17,1-15)5-3(16)10(2,14-8)7(19-6)11(18,20-4)21-5;1-9(18)4-2-6(16)13-8(12)14-10(2)3(15)5(9)21-11(19,20-4)7(10)17/h2-7,15-19H,1H2,(H3,12,13,14);2-7,15-17H,1H2,(H3,12,13,14);2-7,15-18H,1H3,(H3,12,13,14)/q3*-1/p+1. The third-order valence-electron chi connectivity index (χ3n) is 15.8. The highest BCUT2D eigenvalue weighted by Crippen LogP contribution is 2.63. The quantitative estimate of drug-likeness (QED) is 0.122. The van der Waals surface area contributed by atoms with Gasteiger partial charge >= 0.3 is 5.96 Å². The van der Waals surface area contributed by atoms with E-state index >= 15 is 0 Å². The van der Waals surface area contributed by atoms with Crippen molar-refractivity contribution in [1.82, 2.24) is 16.0 Å². The Bertz CT molecular complexity index is 2130. The number of hydrogen-bond acceptors (Lipinski definition) is 30. The molecule has 13 fully saturated rings. The predicted octanol–water partition coefficient (Wildman–Crippen LogP) is -18.3. The molecular weight excluding hydrogens is 874 g/mol. The van der Waals surface area contributed by atoms with Crippen molar-refractivity contribution in [3.63, 3.8) is 0 Å². The molecule has 27 atom stereocenters. The van der Waals surface area contributed by atoms with Gasteiger partial charge in [-0.1, -0.05) is 0 Å². The molecule has 3 saturated carbocycles. The summed E-state index contributed by atoms with van der Waals surface area (Å²) in [6.45, 7) is -0.260. The first-order valence-corrected chi connectivity index (χ1v) is 20.1. The fraction of sp³-hybridized carbons (Fsp3) is 0.909. The lowest BCUT2D eigenvalue weighted by atomic mass is 9.55. The summed E-state index contributed by atoms with van der Waals surface area (Å²) in [5.41, 5.74) is 6.44. The highest BCUT2D eigenvalue weighted by Gasteiger charge is 2.85. The number of rotatable bonds is 2. The Kier molecular flexibility index (Phi) is 8.51. The van der Waals surface area contributed by atoms with Gasteiger partial charge in [-0.2, -0.15) is 0 Å². The number of aliphatic imine (C=N–C) groups is 2. The van der Waals surface area contributed by atoms with Gasteiger partial charge < -0.3 is 132 Å². The summed E-state index contributed by atoms with van der Waals surface area (Å²) < 4.78 is 36.4. The van der Waals surface area contributed by atoms with Crippen molar-refractivity contribution >= 4 is 17.9 Å². The first-order chi connectivity index (χ1) is 29.7. The SMILES string of the molecule is CC1(O)C2OC3([O-])OC1C1C(O)N=C(N)NC1(C2O)C3O.NC1=NC2OC3C4([O-])OC5C(O)C3(N1)C2C(O4)C5(O)CO.NC1=[NH+]C(O)C2C3OC4([O-])OC(C(O)C2(N1)C4O)C3(O)CO. The molecule has 31 heteroatoms. The predicted molar refractivity (Wildman–Crippen MR) is 184 cm³/mol. The molecule has 0 amide bonds. The third kappa shape index (κ3) is 4.57. The Balaban J connectivity index is 0.000000107. The van der Waals surface area contributed by atoms with Gasteiger partial charge in [-0.05, 0) is 6.92 Å². The van der Waals surface area contributed by atoms with Crippen LogP contribution in [0.15, 0.2) is 9.98 Å². The van der Waals surface area contributed by atoms with Gasteiger partial charge in [0.25, 0.3) is 0 Å². The zero-order chi connectivity index (χ0) is 46.2. The Morgan fingerprint density at radius 2 is 1.05 bits per heavy atom. The Hall–Kier alpha value is -3.07. The van der Waals surface area contributed by atoms with Crippen molar-refractivity contribution in [3.05, 3.63) is 0 Å². The largest absolute Gasteiger partial charge is 0.805 e. The number of ether oxygens (including phenoxy) is 7. The van der Waals surface area contributed by atoms with Gasteiger partial charge in [0.1, 0.15) is 119 Å². The van der Waals surface area contributed by atoms with E-state index in [1.54, 1.807) is 0 Å². The van der Waals surface area contributed by atoms with Crippen LogP contribution in [0.1, 0.15) is 6.92 Å². The average Bonchev–Trinajstić information content (AvgIpc) is 3.36. The lowest BCUT2D eigenvalue weighted by Gasteiger charge is -2.74. The molecule has 0 aromatic carbocycles. The van der Waals surface area contributed by atoms with Crippen LogP contribution in [0.4, 0.5) is 0 Å². The Morgan fingerprint density at radius 3 is 1.66 bits per heavy atom. The first-order valence-electron chi connectivity index (χ1n) is 20.1. The van der Waals surface area contributed by atoms with Gasteiger partial charge in [0.05, 0.1) is 31.0 Å². The molecule has 0 aromatic heterocycles. The second kappa shape index (κ2) is 12.5. The number of hydrogen-bond donors (Lipinski definition) is 19. The second-order valence-corrected chi connectivity index (χ2v) is 18.8. The van der Waals surface area contributed by atoms with E-state index in [1.165, 1.54) is 6.92 Å². The molecule has 31 nitrogen and oxygen atoms in total. The molecule has 10 saturated heterocycles. The monoisotopic (exact) mass is 921 g/mol. The molecule has 27 unspecified atom stereocenters. The molecule has 22 N–H and O–H groups in total. The number of nitrogens with two attached hydrogens (primary N) is 3. The smallest absolute Gasteiger partial charge is 0.343 e. The van der Waals surface area contributed by atoms with E-state index in [2.05, 4.69) is 30.9 Å². The highest BCUT2D eigenvalue weighted by molar-refractivity contribution is 5.81. The van der Waals surface area contributed by atoms with Crippen LogP contribution < -0.4 is 53.5 Å². The molecule has 3 spiro atoms. The molecule has 358 valence electrons. The zero-order valence-corrected chi connectivity index (χ0v) is 32.9. The molecule has 64 heavy (non-hydrogen) atoms. The fourth-order valence-corrected chi connectivity index (χ4v) is 13.1. The van der Waals surface area contributed by atoms with Gasteiger partial charge in [0.2, 0.25) is 0 Å². The van der Waals surface area contributed by atoms with Crippen molar-refractivity contribution < 1.29 is 115 Å². The van der Waals surface area contributed by atoms with E-state index in [4.69, 9.17) is 50.4 Å². The molecule has 15 bridgehead atoms. The summed E-state index contributed by atoms with van der Waals surface area (Å²) in [7, 11) is 0. The molecule has 16 aliphatic rings. The molecule has 0 radical (unpaired) electrons. The van der Waals surface area contributed by atoms with Gasteiger partial charge in [0, 0.05) is 0 Å². The molecule has 13 aliphatic heterocycles. The van der Waals surface area contributed by atoms with Crippen molar-refractivity contribution in [2.75, 3.05) is 13.2 Å². The maximum Gasteiger partial charge on any atom is 0.343 e. The number of guanidine groups is 3. The van der Waals surface area contributed by atoms with Gasteiger partial charge in [0.15, 0.2) is 36.1 Å². The number of nitrogens with zero attached hydrogens (tertiary/aromatic N) is 2. The van der Waals surface area contributed by atoms with Crippen molar-refractivity contribution in [3.8, 4) is 0 Å². The number of aliphatic hydroxyl groups is 12. The topological polar surface area (TPSA) is 529 Å². The van der Waals surface area contributed by atoms with Gasteiger partial charge in [-0.25, -0.2) is 9.98 Å². The van der Waals surface area contributed by atoms with E-state index in [-0.39, 0.29) is 17.9 Å². The van der Waals surface area contributed by atoms with Crippen LogP contribution in [-0.2, 0) is 33.2 Å². The molecule has 13 heterocycles. The summed E-state index contributed by atoms with van der Waals surface area (Å²) in [6.07, 6.45) is -20.8. The maximum atomic E-state index is 12.8. The summed E-state index contributed by atoms with van der Waals surface area (Å²) in [6, 6.07) is 0. The van der Waals surface area contributed by atoms with E-state index in [9.17, 15) is 76.6 Å². The van der Waals surface area contributed by atoms with Crippen LogP contribution in [-0.4, -0.2) is 236 Å². The van der Waals surface area contributed by atoms with Crippen molar-refractivity contribution in [2.24, 2.45) is 44.9 Å². The lowest BCUT2D eigenvalue weighted by Crippen LogP contribution is -3.04. The second-order valence-electron chi connectivity index (χ2n) is 18.8. The van der Waals surface area contributed by atoms with Gasteiger partial charge in [-0.15, -0.1) is 0 Å². The van der Waals surface area contributed by atoms with Crippen LogP contribution in [0.2, 0.25) is 0 Å². The summed E-state index contributed by atoms with van der Waals surface area (Å²) in [5, 5.41) is 170. The Labute approximate surface area is 356 Å². The maximum absolute atomic E-state index is 12.8. The van der Waals surface area contributed by atoms with Crippen LogP contribution in [0, 0.1) is 17.8 Å².